The van der Waals surface area contributed by atoms with Crippen molar-refractivity contribution in [3.63, 3.8) is 0 Å². The molecule has 0 aromatic rings. The molecule has 3 N–H and O–H groups in total. The summed E-state index contributed by atoms with van der Waals surface area (Å²) in [5.74, 6) is 0.000329. The van der Waals surface area contributed by atoms with Crippen molar-refractivity contribution in [1.29, 1.82) is 0 Å². The van der Waals surface area contributed by atoms with Gasteiger partial charge in [-0.2, -0.15) is 0 Å². The monoisotopic (exact) mass is 1160 g/mol. The molecule has 1 amide bonds. The lowest BCUT2D eigenvalue weighted by atomic mass is 10.0. The third-order valence-corrected chi connectivity index (χ3v) is 18.4. The van der Waals surface area contributed by atoms with Crippen LogP contribution in [-0.2, 0) is 14.3 Å². The summed E-state index contributed by atoms with van der Waals surface area (Å²) in [6.07, 6.45) is 89.0. The first-order valence-corrected chi connectivity index (χ1v) is 38.3. The average molecular weight is 1160 g/mol. The van der Waals surface area contributed by atoms with Gasteiger partial charge in [-0.15, -0.1) is 0 Å². The first-order chi connectivity index (χ1) is 40.5. The van der Waals surface area contributed by atoms with Crippen LogP contribution in [0, 0.1) is 0 Å². The standard InChI is InChI=1S/C76H151NO5/c1-3-5-7-9-11-13-15-17-19-20-34-38-42-46-50-54-58-62-66-70-76(81)82-71-67-63-59-55-51-47-43-39-36-33-31-29-27-25-23-21-22-24-26-28-30-32-35-37-41-45-49-53-57-61-65-69-75(80)77-73(72-78)74(79)68-64-60-56-52-48-44-40-18-16-14-12-10-8-6-4-2/h73-74,78-79H,3-72H2,1-2H3,(H,77,80). The molecular formula is C76H151NO5. The number of unbranched alkanes of at least 4 members (excludes halogenated alkanes) is 62. The van der Waals surface area contributed by atoms with Crippen molar-refractivity contribution < 1.29 is 24.5 Å². The molecule has 0 heterocycles. The minimum atomic E-state index is -0.660. The molecule has 0 rings (SSSR count). The van der Waals surface area contributed by atoms with E-state index >= 15 is 0 Å². The summed E-state index contributed by atoms with van der Waals surface area (Å²) in [5.41, 5.74) is 0. The Balaban J connectivity index is 3.29. The number of hydrogen-bond donors (Lipinski definition) is 3. The SMILES string of the molecule is CCCCCCCCCCCCCCCCCCCCCC(=O)OCCCCCCCCCCCCCCCCCCCCCCCCCCCCCCCCCC(=O)NC(CO)C(O)CCCCCCCCCCCCCCCCC. The number of rotatable bonds is 73. The second-order valence-corrected chi connectivity index (χ2v) is 26.7. The van der Waals surface area contributed by atoms with Gasteiger partial charge < -0.3 is 20.3 Å². The van der Waals surface area contributed by atoms with Gasteiger partial charge in [0.1, 0.15) is 0 Å². The first kappa shape index (κ1) is 80.9. The van der Waals surface area contributed by atoms with Crippen molar-refractivity contribution in [2.45, 2.75) is 463 Å². The fraction of sp³-hybridized carbons (Fsp3) is 0.974. The molecule has 2 atom stereocenters. The Morgan fingerprint density at radius 3 is 0.744 bits per heavy atom. The van der Waals surface area contributed by atoms with E-state index in [1.54, 1.807) is 0 Å². The summed E-state index contributed by atoms with van der Waals surface area (Å²) in [4.78, 5) is 24.6. The maximum atomic E-state index is 12.5. The van der Waals surface area contributed by atoms with Gasteiger partial charge in [0.05, 0.1) is 25.4 Å². The minimum Gasteiger partial charge on any atom is -0.466 e. The van der Waals surface area contributed by atoms with Crippen LogP contribution in [0.1, 0.15) is 450 Å². The van der Waals surface area contributed by atoms with Gasteiger partial charge in [0, 0.05) is 12.8 Å². The average Bonchev–Trinajstić information content (AvgIpc) is 3.48. The fourth-order valence-corrected chi connectivity index (χ4v) is 12.6. The lowest BCUT2D eigenvalue weighted by Crippen LogP contribution is -2.45. The van der Waals surface area contributed by atoms with E-state index in [1.165, 1.54) is 379 Å². The molecule has 0 saturated heterocycles. The summed E-state index contributed by atoms with van der Waals surface area (Å²) in [6, 6.07) is -0.537. The van der Waals surface area contributed by atoms with Crippen molar-refractivity contribution in [3.05, 3.63) is 0 Å². The molecule has 6 nitrogen and oxygen atoms in total. The zero-order valence-electron chi connectivity index (χ0n) is 56.3. The van der Waals surface area contributed by atoms with E-state index in [0.29, 0.717) is 25.9 Å². The van der Waals surface area contributed by atoms with Crippen molar-refractivity contribution in [2.75, 3.05) is 13.2 Å². The van der Waals surface area contributed by atoms with Gasteiger partial charge in [0.15, 0.2) is 0 Å². The summed E-state index contributed by atoms with van der Waals surface area (Å²) < 4.78 is 5.52. The molecule has 0 aliphatic rings. The predicted molar refractivity (Wildman–Crippen MR) is 361 cm³/mol. The molecule has 0 aliphatic carbocycles. The molecule has 0 aromatic heterocycles. The molecule has 0 fully saturated rings. The molecule has 0 radical (unpaired) electrons. The highest BCUT2D eigenvalue weighted by molar-refractivity contribution is 5.76. The molecule has 0 aromatic carbocycles. The number of aliphatic hydroxyl groups excluding tert-OH is 2. The number of esters is 1. The Bertz CT molecular complexity index is 1200. The second-order valence-electron chi connectivity index (χ2n) is 26.7. The highest BCUT2D eigenvalue weighted by Gasteiger charge is 2.20. The first-order valence-electron chi connectivity index (χ1n) is 38.3. The summed E-state index contributed by atoms with van der Waals surface area (Å²) in [7, 11) is 0. The third kappa shape index (κ3) is 68.0. The van der Waals surface area contributed by atoms with Crippen molar-refractivity contribution in [2.24, 2.45) is 0 Å². The normalized spacial score (nSPS) is 12.4. The molecule has 0 saturated carbocycles. The van der Waals surface area contributed by atoms with Crippen LogP contribution < -0.4 is 5.32 Å². The quantitative estimate of drug-likeness (QED) is 0.0417. The third-order valence-electron chi connectivity index (χ3n) is 18.4. The number of carbonyl (C=O) groups is 2. The van der Waals surface area contributed by atoms with Gasteiger partial charge in [-0.3, -0.25) is 9.59 Å². The highest BCUT2D eigenvalue weighted by atomic mass is 16.5. The van der Waals surface area contributed by atoms with E-state index in [-0.39, 0.29) is 18.5 Å². The molecule has 82 heavy (non-hydrogen) atoms. The summed E-state index contributed by atoms with van der Waals surface area (Å²) in [5, 5.41) is 23.4. The van der Waals surface area contributed by atoms with Crippen LogP contribution in [-0.4, -0.2) is 47.4 Å². The largest absolute Gasteiger partial charge is 0.466 e. The molecule has 2 unspecified atom stereocenters. The van der Waals surface area contributed by atoms with E-state index in [0.717, 1.165) is 38.5 Å². The van der Waals surface area contributed by atoms with Gasteiger partial charge in [-0.05, 0) is 25.7 Å². The van der Waals surface area contributed by atoms with Crippen LogP contribution in [0.3, 0.4) is 0 Å². The van der Waals surface area contributed by atoms with Crippen LogP contribution in [0.25, 0.3) is 0 Å². The van der Waals surface area contributed by atoms with E-state index in [4.69, 9.17) is 4.74 Å². The van der Waals surface area contributed by atoms with Gasteiger partial charge in [-0.25, -0.2) is 0 Å². The van der Waals surface area contributed by atoms with Gasteiger partial charge >= 0.3 is 5.97 Å². The van der Waals surface area contributed by atoms with Crippen LogP contribution >= 0.6 is 0 Å². The van der Waals surface area contributed by atoms with E-state index < -0.39 is 12.1 Å². The van der Waals surface area contributed by atoms with Crippen molar-refractivity contribution in [3.8, 4) is 0 Å². The van der Waals surface area contributed by atoms with Crippen LogP contribution in [0.5, 0.6) is 0 Å². The Morgan fingerprint density at radius 2 is 0.500 bits per heavy atom. The highest BCUT2D eigenvalue weighted by Crippen LogP contribution is 2.20. The predicted octanol–water partition coefficient (Wildman–Crippen LogP) is 24.9. The fourth-order valence-electron chi connectivity index (χ4n) is 12.6. The number of hydrogen-bond acceptors (Lipinski definition) is 5. The zero-order chi connectivity index (χ0) is 59.2. The van der Waals surface area contributed by atoms with E-state index in [1.807, 2.05) is 0 Å². The Kier molecular flexibility index (Phi) is 71.3. The molecule has 490 valence electrons. The maximum Gasteiger partial charge on any atom is 0.305 e. The second kappa shape index (κ2) is 72.3. The Labute approximate surface area is 515 Å². The maximum absolute atomic E-state index is 12.5. The number of aliphatic hydroxyl groups is 2. The summed E-state index contributed by atoms with van der Waals surface area (Å²) >= 11 is 0. The van der Waals surface area contributed by atoms with E-state index in [2.05, 4.69) is 19.2 Å². The van der Waals surface area contributed by atoms with Gasteiger partial charge in [0.2, 0.25) is 5.91 Å². The van der Waals surface area contributed by atoms with Crippen LogP contribution in [0.4, 0.5) is 0 Å². The van der Waals surface area contributed by atoms with Gasteiger partial charge in [-0.1, -0.05) is 412 Å². The molecule has 0 bridgehead atoms. The van der Waals surface area contributed by atoms with Gasteiger partial charge in [0.25, 0.3) is 0 Å². The molecule has 0 aliphatic heterocycles. The van der Waals surface area contributed by atoms with Crippen molar-refractivity contribution >= 4 is 11.9 Å². The Hall–Kier alpha value is -1.14. The van der Waals surface area contributed by atoms with E-state index in [9.17, 15) is 19.8 Å². The topological polar surface area (TPSA) is 95.9 Å². The summed E-state index contributed by atoms with van der Waals surface area (Å²) in [6.45, 7) is 5.01. The van der Waals surface area contributed by atoms with Crippen LogP contribution in [0.2, 0.25) is 0 Å². The lowest BCUT2D eigenvalue weighted by Gasteiger charge is -2.22. The number of amides is 1. The molecule has 6 heteroatoms. The van der Waals surface area contributed by atoms with Crippen molar-refractivity contribution in [1.82, 2.24) is 5.32 Å². The zero-order valence-corrected chi connectivity index (χ0v) is 56.3. The Morgan fingerprint density at radius 1 is 0.293 bits per heavy atom. The minimum absolute atomic E-state index is 0.0266. The molecular weight excluding hydrogens is 1010 g/mol. The lowest BCUT2D eigenvalue weighted by molar-refractivity contribution is -0.143. The molecule has 0 spiro atoms. The number of carbonyl (C=O) groups excluding carboxylic acids is 2. The smallest absolute Gasteiger partial charge is 0.305 e. The van der Waals surface area contributed by atoms with Crippen LogP contribution in [0.15, 0.2) is 0 Å². The number of ether oxygens (including phenoxy) is 1. The number of nitrogens with one attached hydrogen (secondary N) is 1.